The second-order valence-electron chi connectivity index (χ2n) is 6.28. The van der Waals surface area contributed by atoms with E-state index in [1.54, 1.807) is 0 Å². The highest BCUT2D eigenvalue weighted by atomic mass is 16.2. The first kappa shape index (κ1) is 12.4. The molecule has 0 unspecified atom stereocenters. The number of nitrogens with two attached hydrogens (primary N) is 1. The summed E-state index contributed by atoms with van der Waals surface area (Å²) in [6, 6.07) is 0.823. The van der Waals surface area contributed by atoms with Gasteiger partial charge in [0.15, 0.2) is 0 Å². The SMILES string of the molecule is NC1(C(=O)N2CCN(C3CC3)CC2)CCCCC1. The summed E-state index contributed by atoms with van der Waals surface area (Å²) in [6.07, 6.45) is 7.95. The largest absolute Gasteiger partial charge is 0.339 e. The number of hydrogen-bond donors (Lipinski definition) is 1. The molecule has 1 amide bonds. The lowest BCUT2D eigenvalue weighted by Gasteiger charge is -2.41. The molecule has 0 aromatic carbocycles. The van der Waals surface area contributed by atoms with E-state index in [-0.39, 0.29) is 5.91 Å². The number of carbonyl (C=O) groups is 1. The van der Waals surface area contributed by atoms with Gasteiger partial charge in [-0.15, -0.1) is 0 Å². The second kappa shape index (κ2) is 4.82. The molecule has 0 aromatic rings. The standard InChI is InChI=1S/C14H25N3O/c15-14(6-2-1-3-7-14)13(18)17-10-8-16(9-11-17)12-4-5-12/h12H,1-11,15H2. The van der Waals surface area contributed by atoms with E-state index in [4.69, 9.17) is 5.73 Å². The van der Waals surface area contributed by atoms with E-state index in [1.165, 1.54) is 19.3 Å². The quantitative estimate of drug-likeness (QED) is 0.795. The fourth-order valence-corrected chi connectivity index (χ4v) is 3.44. The zero-order chi connectivity index (χ0) is 12.6. The molecule has 1 aliphatic heterocycles. The maximum Gasteiger partial charge on any atom is 0.242 e. The van der Waals surface area contributed by atoms with Crippen LogP contribution in [-0.2, 0) is 4.79 Å². The normalized spacial score (nSPS) is 29.3. The third-order valence-corrected chi connectivity index (χ3v) is 4.84. The Morgan fingerprint density at radius 2 is 1.61 bits per heavy atom. The van der Waals surface area contributed by atoms with Gasteiger partial charge in [-0.3, -0.25) is 9.69 Å². The number of rotatable bonds is 2. The lowest BCUT2D eigenvalue weighted by atomic mass is 9.81. The third-order valence-electron chi connectivity index (χ3n) is 4.84. The third kappa shape index (κ3) is 2.41. The van der Waals surface area contributed by atoms with Crippen molar-refractivity contribution in [2.24, 2.45) is 5.73 Å². The predicted molar refractivity (Wildman–Crippen MR) is 71.2 cm³/mol. The van der Waals surface area contributed by atoms with E-state index in [2.05, 4.69) is 4.90 Å². The van der Waals surface area contributed by atoms with Gasteiger partial charge in [0.2, 0.25) is 5.91 Å². The molecule has 18 heavy (non-hydrogen) atoms. The van der Waals surface area contributed by atoms with Crippen LogP contribution in [0.1, 0.15) is 44.9 Å². The first-order valence-electron chi connectivity index (χ1n) is 7.51. The minimum Gasteiger partial charge on any atom is -0.339 e. The molecule has 0 radical (unpaired) electrons. The first-order valence-corrected chi connectivity index (χ1v) is 7.51. The van der Waals surface area contributed by atoms with Crippen LogP contribution in [0, 0.1) is 0 Å². The molecule has 0 aromatic heterocycles. The maximum atomic E-state index is 12.5. The topological polar surface area (TPSA) is 49.6 Å². The Hall–Kier alpha value is -0.610. The zero-order valence-corrected chi connectivity index (χ0v) is 11.2. The summed E-state index contributed by atoms with van der Waals surface area (Å²) in [6.45, 7) is 3.86. The molecular formula is C14H25N3O. The van der Waals surface area contributed by atoms with Gasteiger partial charge >= 0.3 is 0 Å². The summed E-state index contributed by atoms with van der Waals surface area (Å²) < 4.78 is 0. The molecule has 2 N–H and O–H groups in total. The fourth-order valence-electron chi connectivity index (χ4n) is 3.44. The van der Waals surface area contributed by atoms with E-state index < -0.39 is 5.54 Å². The summed E-state index contributed by atoms with van der Waals surface area (Å²) in [4.78, 5) is 17.1. The molecule has 4 heteroatoms. The van der Waals surface area contributed by atoms with E-state index in [0.717, 1.165) is 57.9 Å². The Morgan fingerprint density at radius 1 is 1.00 bits per heavy atom. The van der Waals surface area contributed by atoms with Crippen molar-refractivity contribution in [1.82, 2.24) is 9.80 Å². The van der Waals surface area contributed by atoms with Crippen LogP contribution in [0.25, 0.3) is 0 Å². The van der Waals surface area contributed by atoms with Gasteiger partial charge in [-0.05, 0) is 25.7 Å². The summed E-state index contributed by atoms with van der Waals surface area (Å²) >= 11 is 0. The molecule has 2 saturated carbocycles. The molecular weight excluding hydrogens is 226 g/mol. The van der Waals surface area contributed by atoms with Gasteiger partial charge in [0, 0.05) is 32.2 Å². The van der Waals surface area contributed by atoms with Crippen molar-refractivity contribution in [3.05, 3.63) is 0 Å². The van der Waals surface area contributed by atoms with Crippen LogP contribution < -0.4 is 5.73 Å². The number of piperazine rings is 1. The number of carbonyl (C=O) groups excluding carboxylic acids is 1. The van der Waals surface area contributed by atoms with Crippen molar-refractivity contribution in [3.8, 4) is 0 Å². The lowest BCUT2D eigenvalue weighted by molar-refractivity contribution is -0.140. The van der Waals surface area contributed by atoms with Gasteiger partial charge in [-0.2, -0.15) is 0 Å². The van der Waals surface area contributed by atoms with Crippen LogP contribution in [0.4, 0.5) is 0 Å². The van der Waals surface area contributed by atoms with Crippen LogP contribution in [0.2, 0.25) is 0 Å². The van der Waals surface area contributed by atoms with Gasteiger partial charge in [0.25, 0.3) is 0 Å². The van der Waals surface area contributed by atoms with Gasteiger partial charge < -0.3 is 10.6 Å². The molecule has 3 rings (SSSR count). The second-order valence-corrected chi connectivity index (χ2v) is 6.28. The number of amides is 1. The minimum atomic E-state index is -0.542. The number of nitrogens with zero attached hydrogens (tertiary/aromatic N) is 2. The van der Waals surface area contributed by atoms with Crippen LogP contribution in [0.3, 0.4) is 0 Å². The predicted octanol–water partition coefficient (Wildman–Crippen LogP) is 0.955. The van der Waals surface area contributed by atoms with E-state index >= 15 is 0 Å². The van der Waals surface area contributed by atoms with Gasteiger partial charge in [0.05, 0.1) is 5.54 Å². The van der Waals surface area contributed by atoms with Crippen molar-refractivity contribution < 1.29 is 4.79 Å². The average molecular weight is 251 g/mol. The zero-order valence-electron chi connectivity index (χ0n) is 11.2. The Bertz CT molecular complexity index is 313. The highest BCUT2D eigenvalue weighted by Gasteiger charge is 2.40. The summed E-state index contributed by atoms with van der Waals surface area (Å²) in [5, 5.41) is 0. The minimum absolute atomic E-state index is 0.220. The Labute approximate surface area is 109 Å². The van der Waals surface area contributed by atoms with Crippen molar-refractivity contribution in [2.45, 2.75) is 56.5 Å². The van der Waals surface area contributed by atoms with Crippen molar-refractivity contribution in [2.75, 3.05) is 26.2 Å². The van der Waals surface area contributed by atoms with Crippen molar-refractivity contribution >= 4 is 5.91 Å². The molecule has 0 atom stereocenters. The Balaban J connectivity index is 1.56. The van der Waals surface area contributed by atoms with E-state index in [1.807, 2.05) is 4.90 Å². The molecule has 4 nitrogen and oxygen atoms in total. The molecule has 2 aliphatic carbocycles. The number of hydrogen-bond acceptors (Lipinski definition) is 3. The molecule has 0 spiro atoms. The van der Waals surface area contributed by atoms with E-state index in [9.17, 15) is 4.79 Å². The molecule has 3 aliphatic rings. The highest BCUT2D eigenvalue weighted by Crippen LogP contribution is 2.30. The summed E-state index contributed by atoms with van der Waals surface area (Å²) in [7, 11) is 0. The fraction of sp³-hybridized carbons (Fsp3) is 0.929. The van der Waals surface area contributed by atoms with Crippen LogP contribution in [0.15, 0.2) is 0 Å². The highest BCUT2D eigenvalue weighted by molar-refractivity contribution is 5.86. The molecule has 1 saturated heterocycles. The monoisotopic (exact) mass is 251 g/mol. The van der Waals surface area contributed by atoms with Crippen molar-refractivity contribution in [3.63, 3.8) is 0 Å². The molecule has 102 valence electrons. The maximum absolute atomic E-state index is 12.5. The Morgan fingerprint density at radius 3 is 2.17 bits per heavy atom. The molecule has 3 fully saturated rings. The molecule has 0 bridgehead atoms. The lowest BCUT2D eigenvalue weighted by Crippen LogP contribution is -2.60. The van der Waals surface area contributed by atoms with Crippen LogP contribution >= 0.6 is 0 Å². The van der Waals surface area contributed by atoms with Gasteiger partial charge in [-0.25, -0.2) is 0 Å². The smallest absolute Gasteiger partial charge is 0.242 e. The molecule has 1 heterocycles. The van der Waals surface area contributed by atoms with Gasteiger partial charge in [0.1, 0.15) is 0 Å². The van der Waals surface area contributed by atoms with E-state index in [0.29, 0.717) is 0 Å². The average Bonchev–Trinajstić information content (AvgIpc) is 3.23. The van der Waals surface area contributed by atoms with Crippen LogP contribution in [-0.4, -0.2) is 53.5 Å². The van der Waals surface area contributed by atoms with Crippen molar-refractivity contribution in [1.29, 1.82) is 0 Å². The summed E-state index contributed by atoms with van der Waals surface area (Å²) in [5.74, 6) is 0.220. The van der Waals surface area contributed by atoms with Gasteiger partial charge in [-0.1, -0.05) is 19.3 Å². The Kier molecular flexibility index (Phi) is 3.32. The first-order chi connectivity index (χ1) is 8.69. The van der Waals surface area contributed by atoms with Crippen LogP contribution in [0.5, 0.6) is 0 Å². The summed E-state index contributed by atoms with van der Waals surface area (Å²) in [5.41, 5.74) is 5.79.